The standard InChI is InChI=1S/C6H9N3S.ClH/c7-3-5-8-9-6(10-5)4-1-2-4;/h4H,1-3,7H2;1H. The molecule has 1 aromatic heterocycles. The number of aromatic nitrogens is 2. The second-order valence-electron chi connectivity index (χ2n) is 2.51. The zero-order valence-electron chi connectivity index (χ0n) is 5.99. The zero-order valence-corrected chi connectivity index (χ0v) is 7.62. The van der Waals surface area contributed by atoms with E-state index in [1.165, 1.54) is 17.8 Å². The Morgan fingerprint density at radius 2 is 2.18 bits per heavy atom. The zero-order chi connectivity index (χ0) is 6.97. The molecular formula is C6H10ClN3S. The van der Waals surface area contributed by atoms with Gasteiger partial charge < -0.3 is 5.73 Å². The molecule has 0 atom stereocenters. The van der Waals surface area contributed by atoms with Gasteiger partial charge in [-0.1, -0.05) is 11.3 Å². The summed E-state index contributed by atoms with van der Waals surface area (Å²) in [6.07, 6.45) is 2.58. The molecule has 1 aromatic rings. The van der Waals surface area contributed by atoms with Gasteiger partial charge in [0.1, 0.15) is 10.0 Å². The topological polar surface area (TPSA) is 51.8 Å². The van der Waals surface area contributed by atoms with Crippen LogP contribution in [-0.2, 0) is 6.54 Å². The molecule has 5 heteroatoms. The minimum absolute atomic E-state index is 0. The lowest BCUT2D eigenvalue weighted by Gasteiger charge is -1.81. The minimum Gasteiger partial charge on any atom is -0.324 e. The number of hydrogen-bond acceptors (Lipinski definition) is 4. The summed E-state index contributed by atoms with van der Waals surface area (Å²) in [5.41, 5.74) is 5.39. The van der Waals surface area contributed by atoms with Crippen molar-refractivity contribution in [2.75, 3.05) is 0 Å². The summed E-state index contributed by atoms with van der Waals surface area (Å²) in [4.78, 5) is 0. The Morgan fingerprint density at radius 1 is 1.45 bits per heavy atom. The summed E-state index contributed by atoms with van der Waals surface area (Å²) in [7, 11) is 0. The van der Waals surface area contributed by atoms with Crippen LogP contribution in [-0.4, -0.2) is 10.2 Å². The van der Waals surface area contributed by atoms with Gasteiger partial charge in [0.05, 0.1) is 0 Å². The van der Waals surface area contributed by atoms with E-state index in [4.69, 9.17) is 5.73 Å². The van der Waals surface area contributed by atoms with Crippen LogP contribution in [0.25, 0.3) is 0 Å². The van der Waals surface area contributed by atoms with Crippen LogP contribution in [0.3, 0.4) is 0 Å². The van der Waals surface area contributed by atoms with Crippen molar-refractivity contribution in [1.82, 2.24) is 10.2 Å². The van der Waals surface area contributed by atoms with E-state index < -0.39 is 0 Å². The highest BCUT2D eigenvalue weighted by atomic mass is 35.5. The molecule has 1 aliphatic carbocycles. The van der Waals surface area contributed by atoms with E-state index in [1.54, 1.807) is 11.3 Å². The lowest BCUT2D eigenvalue weighted by atomic mass is 10.5. The Morgan fingerprint density at radius 3 is 2.64 bits per heavy atom. The van der Waals surface area contributed by atoms with Gasteiger partial charge in [0.25, 0.3) is 0 Å². The number of rotatable bonds is 2. The van der Waals surface area contributed by atoms with Gasteiger partial charge in [-0.2, -0.15) is 0 Å². The quantitative estimate of drug-likeness (QED) is 0.767. The predicted molar refractivity (Wildman–Crippen MR) is 47.0 cm³/mol. The third kappa shape index (κ3) is 1.89. The lowest BCUT2D eigenvalue weighted by Crippen LogP contribution is -1.94. The van der Waals surface area contributed by atoms with Crippen molar-refractivity contribution in [2.45, 2.75) is 25.3 Å². The number of halogens is 1. The number of nitrogens with zero attached hydrogens (tertiary/aromatic N) is 2. The van der Waals surface area contributed by atoms with Crippen molar-refractivity contribution in [3.63, 3.8) is 0 Å². The first-order chi connectivity index (χ1) is 4.90. The summed E-state index contributed by atoms with van der Waals surface area (Å²) in [5.74, 6) is 0.720. The monoisotopic (exact) mass is 191 g/mol. The molecule has 0 radical (unpaired) electrons. The third-order valence-corrected chi connectivity index (χ3v) is 2.69. The Kier molecular flexibility index (Phi) is 2.81. The van der Waals surface area contributed by atoms with E-state index in [0.717, 1.165) is 10.9 Å². The van der Waals surface area contributed by atoms with Gasteiger partial charge in [-0.3, -0.25) is 0 Å². The fourth-order valence-corrected chi connectivity index (χ4v) is 1.73. The van der Waals surface area contributed by atoms with Crippen molar-refractivity contribution in [3.8, 4) is 0 Å². The van der Waals surface area contributed by atoms with Crippen LogP contribution < -0.4 is 5.73 Å². The highest BCUT2D eigenvalue weighted by molar-refractivity contribution is 7.11. The van der Waals surface area contributed by atoms with Gasteiger partial charge in [0.2, 0.25) is 0 Å². The maximum atomic E-state index is 5.39. The van der Waals surface area contributed by atoms with Gasteiger partial charge in [0.15, 0.2) is 0 Å². The summed E-state index contributed by atoms with van der Waals surface area (Å²) in [6.45, 7) is 0.532. The maximum absolute atomic E-state index is 5.39. The SMILES string of the molecule is Cl.NCc1nnc(C2CC2)s1. The summed E-state index contributed by atoms with van der Waals surface area (Å²) < 4.78 is 0. The second-order valence-corrected chi connectivity index (χ2v) is 3.61. The summed E-state index contributed by atoms with van der Waals surface area (Å²) in [6, 6.07) is 0. The van der Waals surface area contributed by atoms with E-state index in [1.807, 2.05) is 0 Å². The van der Waals surface area contributed by atoms with Crippen molar-refractivity contribution in [3.05, 3.63) is 10.0 Å². The second kappa shape index (κ2) is 3.47. The molecule has 1 fully saturated rings. The molecular weight excluding hydrogens is 182 g/mol. The molecule has 0 aliphatic heterocycles. The molecule has 0 saturated heterocycles. The van der Waals surface area contributed by atoms with E-state index in [9.17, 15) is 0 Å². The van der Waals surface area contributed by atoms with Gasteiger partial charge in [0, 0.05) is 12.5 Å². The Hall–Kier alpha value is -0.190. The molecule has 0 amide bonds. The Balaban J connectivity index is 0.000000605. The first-order valence-corrected chi connectivity index (χ1v) is 4.24. The average Bonchev–Trinajstić information content (AvgIpc) is 2.70. The molecule has 62 valence electrons. The van der Waals surface area contributed by atoms with E-state index in [-0.39, 0.29) is 12.4 Å². The van der Waals surface area contributed by atoms with Crippen molar-refractivity contribution >= 4 is 23.7 Å². The molecule has 0 bridgehead atoms. The van der Waals surface area contributed by atoms with Crippen LogP contribution in [0, 0.1) is 0 Å². The highest BCUT2D eigenvalue weighted by Gasteiger charge is 2.27. The summed E-state index contributed by atoms with van der Waals surface area (Å²) >= 11 is 1.66. The predicted octanol–water partition coefficient (Wildman–Crippen LogP) is 1.30. The number of hydrogen-bond donors (Lipinski definition) is 1. The largest absolute Gasteiger partial charge is 0.324 e. The molecule has 2 rings (SSSR count). The minimum atomic E-state index is 0. The molecule has 1 saturated carbocycles. The van der Waals surface area contributed by atoms with Crippen LogP contribution >= 0.6 is 23.7 Å². The van der Waals surface area contributed by atoms with Gasteiger partial charge >= 0.3 is 0 Å². The highest BCUT2D eigenvalue weighted by Crippen LogP contribution is 2.41. The molecule has 0 spiro atoms. The van der Waals surface area contributed by atoms with Crippen LogP contribution in [0.2, 0.25) is 0 Å². The van der Waals surface area contributed by atoms with Crippen molar-refractivity contribution in [2.24, 2.45) is 5.73 Å². The van der Waals surface area contributed by atoms with Crippen LogP contribution in [0.4, 0.5) is 0 Å². The molecule has 0 aromatic carbocycles. The van der Waals surface area contributed by atoms with Gasteiger partial charge in [-0.25, -0.2) is 0 Å². The Labute approximate surface area is 75.4 Å². The van der Waals surface area contributed by atoms with Gasteiger partial charge in [-0.05, 0) is 12.8 Å². The molecule has 3 nitrogen and oxygen atoms in total. The molecule has 2 N–H and O–H groups in total. The van der Waals surface area contributed by atoms with E-state index in [2.05, 4.69) is 10.2 Å². The molecule has 11 heavy (non-hydrogen) atoms. The van der Waals surface area contributed by atoms with Crippen LogP contribution in [0.15, 0.2) is 0 Å². The molecule has 1 heterocycles. The summed E-state index contributed by atoms with van der Waals surface area (Å²) in [5, 5.41) is 10.1. The van der Waals surface area contributed by atoms with Crippen molar-refractivity contribution in [1.29, 1.82) is 0 Å². The third-order valence-electron chi connectivity index (χ3n) is 1.58. The van der Waals surface area contributed by atoms with Crippen LogP contribution in [0.1, 0.15) is 28.8 Å². The molecule has 1 aliphatic rings. The number of nitrogens with two attached hydrogens (primary N) is 1. The van der Waals surface area contributed by atoms with Crippen molar-refractivity contribution < 1.29 is 0 Å². The van der Waals surface area contributed by atoms with E-state index in [0.29, 0.717) is 6.54 Å². The first-order valence-electron chi connectivity index (χ1n) is 3.42. The first kappa shape index (κ1) is 8.90. The smallest absolute Gasteiger partial charge is 0.131 e. The molecule has 0 unspecified atom stereocenters. The van der Waals surface area contributed by atoms with Crippen LogP contribution in [0.5, 0.6) is 0 Å². The normalized spacial score (nSPS) is 16.1. The van der Waals surface area contributed by atoms with Gasteiger partial charge in [-0.15, -0.1) is 22.6 Å². The van der Waals surface area contributed by atoms with E-state index >= 15 is 0 Å². The fourth-order valence-electron chi connectivity index (χ4n) is 0.844. The average molecular weight is 192 g/mol. The lowest BCUT2D eigenvalue weighted by molar-refractivity contribution is 0.918. The Bertz CT molecular complexity index is 233. The fraction of sp³-hybridized carbons (Fsp3) is 0.667. The maximum Gasteiger partial charge on any atom is 0.131 e.